The highest BCUT2D eigenvalue weighted by Crippen LogP contribution is 2.34. The maximum absolute atomic E-state index is 12.6. The lowest BCUT2D eigenvalue weighted by Crippen LogP contribution is -2.13. The minimum Gasteiger partial charge on any atom is -0.451 e. The first-order valence-corrected chi connectivity index (χ1v) is 11.0. The third-order valence-corrected chi connectivity index (χ3v) is 5.99. The summed E-state index contributed by atoms with van der Waals surface area (Å²) in [6.45, 7) is 0. The number of halogens is 4. The van der Waals surface area contributed by atoms with Crippen LogP contribution < -0.4 is 10.6 Å². The minimum absolute atomic E-state index is 0.107. The van der Waals surface area contributed by atoms with Crippen molar-refractivity contribution in [2.24, 2.45) is 0 Å². The summed E-state index contributed by atoms with van der Waals surface area (Å²) in [4.78, 5) is 25.0. The van der Waals surface area contributed by atoms with Crippen LogP contribution in [0.15, 0.2) is 77.2 Å². The van der Waals surface area contributed by atoms with Gasteiger partial charge in [-0.05, 0) is 66.7 Å². The highest BCUT2D eigenvalue weighted by atomic mass is 35.5. The van der Waals surface area contributed by atoms with Gasteiger partial charge in [-0.1, -0.05) is 52.5 Å². The molecule has 3 aromatic carbocycles. The van der Waals surface area contributed by atoms with Crippen LogP contribution in [0.1, 0.15) is 20.9 Å². The van der Waals surface area contributed by atoms with Crippen molar-refractivity contribution in [2.75, 3.05) is 10.6 Å². The lowest BCUT2D eigenvalue weighted by molar-refractivity contribution is 0.0995. The Morgan fingerprint density at radius 3 is 2.03 bits per heavy atom. The van der Waals surface area contributed by atoms with Crippen LogP contribution in [0, 0.1) is 0 Å². The van der Waals surface area contributed by atoms with Gasteiger partial charge in [-0.25, -0.2) is 0 Å². The van der Waals surface area contributed by atoms with Gasteiger partial charge < -0.3 is 15.1 Å². The summed E-state index contributed by atoms with van der Waals surface area (Å²) in [6.07, 6.45) is 0. The van der Waals surface area contributed by atoms with Crippen LogP contribution in [-0.4, -0.2) is 11.8 Å². The molecule has 2 N–H and O–H groups in total. The van der Waals surface area contributed by atoms with E-state index in [0.29, 0.717) is 43.3 Å². The predicted molar refractivity (Wildman–Crippen MR) is 133 cm³/mol. The van der Waals surface area contributed by atoms with Gasteiger partial charge in [0, 0.05) is 22.0 Å². The second kappa shape index (κ2) is 9.89. The second-order valence-corrected chi connectivity index (χ2v) is 8.50. The molecule has 0 aliphatic rings. The molecule has 33 heavy (non-hydrogen) atoms. The molecule has 0 unspecified atom stereocenters. The van der Waals surface area contributed by atoms with Gasteiger partial charge in [-0.2, -0.15) is 0 Å². The normalized spacial score (nSPS) is 10.7. The van der Waals surface area contributed by atoms with Crippen LogP contribution in [0.25, 0.3) is 11.3 Å². The lowest BCUT2D eigenvalue weighted by atomic mass is 10.2. The summed E-state index contributed by atoms with van der Waals surface area (Å²) in [5.74, 6) is -0.289. The van der Waals surface area contributed by atoms with Crippen molar-refractivity contribution in [3.8, 4) is 11.3 Å². The largest absolute Gasteiger partial charge is 0.451 e. The van der Waals surface area contributed by atoms with Crippen molar-refractivity contribution in [1.82, 2.24) is 0 Å². The van der Waals surface area contributed by atoms with E-state index in [1.807, 2.05) is 0 Å². The van der Waals surface area contributed by atoms with Crippen molar-refractivity contribution in [3.05, 3.63) is 104 Å². The van der Waals surface area contributed by atoms with Gasteiger partial charge in [0.1, 0.15) is 5.76 Å². The van der Waals surface area contributed by atoms with Crippen molar-refractivity contribution in [1.29, 1.82) is 0 Å². The topological polar surface area (TPSA) is 71.3 Å². The Labute approximate surface area is 209 Å². The molecule has 0 radical (unpaired) electrons. The van der Waals surface area contributed by atoms with Crippen LogP contribution >= 0.6 is 46.4 Å². The lowest BCUT2D eigenvalue weighted by Gasteiger charge is -2.09. The van der Waals surface area contributed by atoms with E-state index >= 15 is 0 Å². The highest BCUT2D eigenvalue weighted by molar-refractivity contribution is 6.43. The predicted octanol–water partition coefficient (Wildman–Crippen LogP) is 8.06. The van der Waals surface area contributed by atoms with Crippen molar-refractivity contribution in [3.63, 3.8) is 0 Å². The molecule has 0 saturated heterocycles. The zero-order valence-electron chi connectivity index (χ0n) is 16.7. The van der Waals surface area contributed by atoms with E-state index in [1.165, 1.54) is 6.07 Å². The molecule has 4 aromatic rings. The maximum Gasteiger partial charge on any atom is 0.291 e. The van der Waals surface area contributed by atoms with Gasteiger partial charge in [0.2, 0.25) is 0 Å². The van der Waals surface area contributed by atoms with Crippen LogP contribution in [0.5, 0.6) is 0 Å². The van der Waals surface area contributed by atoms with Crippen molar-refractivity contribution >= 4 is 69.6 Å². The monoisotopic (exact) mass is 518 g/mol. The van der Waals surface area contributed by atoms with Crippen LogP contribution in [0.3, 0.4) is 0 Å². The number of rotatable bonds is 5. The molecule has 0 bridgehead atoms. The molecular formula is C24H14Cl4N2O3. The van der Waals surface area contributed by atoms with Gasteiger partial charge in [0.15, 0.2) is 5.76 Å². The fraction of sp³-hybridized carbons (Fsp3) is 0. The van der Waals surface area contributed by atoms with Gasteiger partial charge in [-0.3, -0.25) is 9.59 Å². The van der Waals surface area contributed by atoms with Crippen LogP contribution in [0.4, 0.5) is 11.4 Å². The Balaban J connectivity index is 1.42. The average Bonchev–Trinajstić information content (AvgIpc) is 3.27. The van der Waals surface area contributed by atoms with Gasteiger partial charge in [0.25, 0.3) is 11.8 Å². The molecule has 1 aromatic heterocycles. The highest BCUT2D eigenvalue weighted by Gasteiger charge is 2.16. The Hall–Kier alpha value is -2.96. The summed E-state index contributed by atoms with van der Waals surface area (Å²) >= 11 is 24.2. The number of benzene rings is 3. The number of carbonyl (C=O) groups excluding carboxylic acids is 2. The summed E-state index contributed by atoms with van der Waals surface area (Å²) in [7, 11) is 0. The van der Waals surface area contributed by atoms with E-state index in [0.717, 1.165) is 0 Å². The molecule has 0 spiro atoms. The molecule has 166 valence electrons. The molecular weight excluding hydrogens is 506 g/mol. The zero-order valence-corrected chi connectivity index (χ0v) is 19.7. The number of carbonyl (C=O) groups is 2. The van der Waals surface area contributed by atoms with E-state index in [4.69, 9.17) is 50.8 Å². The first kappa shape index (κ1) is 23.2. The maximum atomic E-state index is 12.6. The molecule has 0 fully saturated rings. The zero-order chi connectivity index (χ0) is 23.5. The quantitative estimate of drug-likeness (QED) is 0.280. The molecule has 0 saturated carbocycles. The van der Waals surface area contributed by atoms with Crippen molar-refractivity contribution < 1.29 is 14.0 Å². The molecule has 9 heteroatoms. The smallest absolute Gasteiger partial charge is 0.291 e. The molecule has 0 aliphatic carbocycles. The third kappa shape index (κ3) is 5.34. The number of anilines is 2. The Morgan fingerprint density at radius 1 is 0.697 bits per heavy atom. The minimum atomic E-state index is -0.441. The van der Waals surface area contributed by atoms with Gasteiger partial charge >= 0.3 is 0 Å². The molecule has 2 amide bonds. The van der Waals surface area contributed by atoms with E-state index < -0.39 is 5.91 Å². The molecule has 4 rings (SSSR count). The standard InChI is InChI=1S/C24H14Cl4N2O3/c25-13-4-9-16(19(27)12-13)23(31)29-14-5-7-15(8-6-14)30-24(32)21-11-10-20(33-21)17-2-1-3-18(26)22(17)28/h1-12H,(H,29,31)(H,30,32). The van der Waals surface area contributed by atoms with Crippen LogP contribution in [0.2, 0.25) is 20.1 Å². The number of nitrogens with one attached hydrogen (secondary N) is 2. The van der Waals surface area contributed by atoms with E-state index in [2.05, 4.69) is 10.6 Å². The molecule has 0 aliphatic heterocycles. The number of hydrogen-bond acceptors (Lipinski definition) is 3. The molecule has 5 nitrogen and oxygen atoms in total. The SMILES string of the molecule is O=C(Nc1ccc(NC(=O)c2ccc(Cl)cc2Cl)cc1)c1ccc(-c2cccc(Cl)c2Cl)o1. The fourth-order valence-corrected chi connectivity index (χ4v) is 3.89. The summed E-state index contributed by atoms with van der Waals surface area (Å²) in [6, 6.07) is 19.6. The van der Waals surface area contributed by atoms with E-state index in [-0.39, 0.29) is 16.7 Å². The molecule has 0 atom stereocenters. The summed E-state index contributed by atoms with van der Waals surface area (Å²) in [5, 5.41) is 6.91. The van der Waals surface area contributed by atoms with E-state index in [1.54, 1.807) is 66.7 Å². The van der Waals surface area contributed by atoms with Crippen molar-refractivity contribution in [2.45, 2.75) is 0 Å². The first-order chi connectivity index (χ1) is 15.8. The first-order valence-electron chi connectivity index (χ1n) is 9.54. The average molecular weight is 520 g/mol. The number of amides is 2. The summed E-state index contributed by atoms with van der Waals surface area (Å²) in [5.41, 5.74) is 1.93. The number of hydrogen-bond donors (Lipinski definition) is 2. The van der Waals surface area contributed by atoms with E-state index in [9.17, 15) is 9.59 Å². The molecule has 1 heterocycles. The van der Waals surface area contributed by atoms with Gasteiger partial charge in [0.05, 0.1) is 20.6 Å². The number of furan rings is 1. The Morgan fingerprint density at radius 2 is 1.36 bits per heavy atom. The Bertz CT molecular complexity index is 1350. The van der Waals surface area contributed by atoms with Gasteiger partial charge in [-0.15, -0.1) is 0 Å². The third-order valence-electron chi connectivity index (χ3n) is 4.62. The Kier molecular flexibility index (Phi) is 6.96. The second-order valence-electron chi connectivity index (χ2n) is 6.88. The van der Waals surface area contributed by atoms with Crippen LogP contribution in [-0.2, 0) is 0 Å². The fourth-order valence-electron chi connectivity index (χ4n) is 3.00. The summed E-state index contributed by atoms with van der Waals surface area (Å²) < 4.78 is 5.65.